The Balaban J connectivity index is 1.70. The standard InChI is InChI=1S/C26H31N5O2S/c1-4-31(5-2)22-11-9-20(10-12-22)30-26-23-14-18(19-6-8-21(15-27)28-16-19)7-13-24(23)29-17-25(26)34(3,32)33/h6-8,13-14,16-17,20,22H,4-5,9-12H2,1-3H3,(H,29,30). The van der Waals surface area contributed by atoms with E-state index in [0.717, 1.165) is 60.8 Å². The maximum atomic E-state index is 12.7. The van der Waals surface area contributed by atoms with E-state index >= 15 is 0 Å². The Hall–Kier alpha value is -3.02. The average molecular weight is 478 g/mol. The normalized spacial score (nSPS) is 18.7. The smallest absolute Gasteiger partial charge is 0.179 e. The number of rotatable bonds is 7. The van der Waals surface area contributed by atoms with Crippen LogP contribution in [-0.4, -0.2) is 54.7 Å². The van der Waals surface area contributed by atoms with Crippen molar-refractivity contribution in [3.8, 4) is 17.2 Å². The summed E-state index contributed by atoms with van der Waals surface area (Å²) >= 11 is 0. The highest BCUT2D eigenvalue weighted by molar-refractivity contribution is 7.90. The third kappa shape index (κ3) is 5.06. The van der Waals surface area contributed by atoms with Crippen molar-refractivity contribution in [3.05, 3.63) is 48.4 Å². The number of sulfone groups is 1. The van der Waals surface area contributed by atoms with Gasteiger partial charge in [-0.25, -0.2) is 13.4 Å². The number of nitrogens with zero attached hydrogens (tertiary/aromatic N) is 4. The lowest BCUT2D eigenvalue weighted by Gasteiger charge is -2.36. The molecule has 1 N–H and O–H groups in total. The summed E-state index contributed by atoms with van der Waals surface area (Å²) in [5.74, 6) is 0. The molecule has 4 rings (SSSR count). The molecule has 178 valence electrons. The second-order valence-electron chi connectivity index (χ2n) is 8.92. The van der Waals surface area contributed by atoms with Crippen molar-refractivity contribution in [1.29, 1.82) is 5.26 Å². The Morgan fingerprint density at radius 2 is 1.74 bits per heavy atom. The van der Waals surface area contributed by atoms with Crippen molar-refractivity contribution >= 4 is 26.4 Å². The van der Waals surface area contributed by atoms with Crippen LogP contribution in [0.3, 0.4) is 0 Å². The van der Waals surface area contributed by atoms with Crippen molar-refractivity contribution in [3.63, 3.8) is 0 Å². The number of aromatic nitrogens is 2. The van der Waals surface area contributed by atoms with Gasteiger partial charge in [0.25, 0.3) is 0 Å². The summed E-state index contributed by atoms with van der Waals surface area (Å²) in [7, 11) is -3.48. The average Bonchev–Trinajstić information content (AvgIpc) is 2.85. The number of anilines is 1. The van der Waals surface area contributed by atoms with Crippen molar-refractivity contribution in [2.45, 2.75) is 56.5 Å². The minimum absolute atomic E-state index is 0.207. The fourth-order valence-corrected chi connectivity index (χ4v) is 5.73. The Kier molecular flexibility index (Phi) is 7.15. The second kappa shape index (κ2) is 10.1. The molecule has 0 unspecified atom stereocenters. The van der Waals surface area contributed by atoms with Gasteiger partial charge in [0, 0.05) is 41.7 Å². The zero-order chi connectivity index (χ0) is 24.3. The van der Waals surface area contributed by atoms with Gasteiger partial charge in [0.1, 0.15) is 16.7 Å². The third-order valence-electron chi connectivity index (χ3n) is 6.82. The molecular weight excluding hydrogens is 446 g/mol. The van der Waals surface area contributed by atoms with E-state index in [-0.39, 0.29) is 10.9 Å². The highest BCUT2D eigenvalue weighted by atomic mass is 32.2. The van der Waals surface area contributed by atoms with Crippen LogP contribution in [0.1, 0.15) is 45.2 Å². The molecule has 0 radical (unpaired) electrons. The van der Waals surface area contributed by atoms with Crippen molar-refractivity contribution in [1.82, 2.24) is 14.9 Å². The Labute approximate surface area is 201 Å². The lowest BCUT2D eigenvalue weighted by atomic mass is 9.89. The van der Waals surface area contributed by atoms with Crippen LogP contribution in [-0.2, 0) is 9.84 Å². The molecule has 0 amide bonds. The number of nitriles is 1. The van der Waals surface area contributed by atoms with E-state index in [9.17, 15) is 8.42 Å². The lowest BCUT2D eigenvalue weighted by Crippen LogP contribution is -2.40. The number of hydrogen-bond acceptors (Lipinski definition) is 7. The first-order valence-electron chi connectivity index (χ1n) is 11.8. The Morgan fingerprint density at radius 1 is 1.03 bits per heavy atom. The first-order valence-corrected chi connectivity index (χ1v) is 13.7. The van der Waals surface area contributed by atoms with Crippen LogP contribution in [0.2, 0.25) is 0 Å². The van der Waals surface area contributed by atoms with Gasteiger partial charge in [0.05, 0.1) is 11.2 Å². The Bertz CT molecular complexity index is 1300. The van der Waals surface area contributed by atoms with Gasteiger partial charge in [-0.05, 0) is 68.6 Å². The molecule has 1 aliphatic rings. The van der Waals surface area contributed by atoms with Crippen LogP contribution < -0.4 is 5.32 Å². The van der Waals surface area contributed by atoms with Gasteiger partial charge in [-0.3, -0.25) is 4.98 Å². The van der Waals surface area contributed by atoms with Crippen molar-refractivity contribution < 1.29 is 8.42 Å². The summed E-state index contributed by atoms with van der Waals surface area (Å²) in [5, 5.41) is 13.4. The van der Waals surface area contributed by atoms with Gasteiger partial charge in [-0.2, -0.15) is 5.26 Å². The molecule has 0 aliphatic heterocycles. The zero-order valence-corrected chi connectivity index (χ0v) is 20.8. The van der Waals surface area contributed by atoms with Crippen molar-refractivity contribution in [2.75, 3.05) is 24.7 Å². The molecule has 0 atom stereocenters. The lowest BCUT2D eigenvalue weighted by molar-refractivity contribution is 0.167. The fraction of sp³-hybridized carbons (Fsp3) is 0.423. The Morgan fingerprint density at radius 3 is 2.32 bits per heavy atom. The second-order valence-corrected chi connectivity index (χ2v) is 10.9. The molecular formula is C26H31N5O2S. The molecule has 1 aliphatic carbocycles. The molecule has 3 aromatic rings. The number of fused-ring (bicyclic) bond motifs is 1. The highest BCUT2D eigenvalue weighted by Gasteiger charge is 2.26. The van der Waals surface area contributed by atoms with Gasteiger partial charge < -0.3 is 10.2 Å². The first kappa shape index (κ1) is 24.1. The predicted octanol–water partition coefficient (Wildman–Crippen LogP) is 4.64. The van der Waals surface area contributed by atoms with Crippen LogP contribution in [0, 0.1) is 11.3 Å². The number of nitrogens with one attached hydrogen (secondary N) is 1. The fourth-order valence-electron chi connectivity index (χ4n) is 4.94. The van der Waals surface area contributed by atoms with E-state index in [1.807, 2.05) is 30.3 Å². The summed E-state index contributed by atoms with van der Waals surface area (Å²) in [6, 6.07) is 12.2. The summed E-state index contributed by atoms with van der Waals surface area (Å²) in [6.07, 6.45) is 8.53. The van der Waals surface area contributed by atoms with Crippen LogP contribution in [0.5, 0.6) is 0 Å². The van der Waals surface area contributed by atoms with Gasteiger partial charge >= 0.3 is 0 Å². The molecule has 7 nitrogen and oxygen atoms in total. The van der Waals surface area contributed by atoms with E-state index in [1.54, 1.807) is 12.3 Å². The first-order chi connectivity index (χ1) is 16.3. The number of hydrogen-bond donors (Lipinski definition) is 1. The number of pyridine rings is 2. The topological polar surface area (TPSA) is 99.0 Å². The van der Waals surface area contributed by atoms with E-state index in [0.29, 0.717) is 17.4 Å². The molecule has 2 heterocycles. The summed E-state index contributed by atoms with van der Waals surface area (Å²) < 4.78 is 25.3. The molecule has 0 spiro atoms. The minimum atomic E-state index is -3.48. The quantitative estimate of drug-likeness (QED) is 0.529. The number of benzene rings is 1. The van der Waals surface area contributed by atoms with Crippen molar-refractivity contribution in [2.24, 2.45) is 0 Å². The predicted molar refractivity (Wildman–Crippen MR) is 135 cm³/mol. The molecule has 2 aromatic heterocycles. The SMILES string of the molecule is CCN(CC)C1CCC(Nc2c(S(C)(=O)=O)cnc3ccc(-c4ccc(C#N)nc4)cc23)CC1. The van der Waals surface area contributed by atoms with Gasteiger partial charge in [0.15, 0.2) is 9.84 Å². The molecule has 0 bridgehead atoms. The third-order valence-corrected chi connectivity index (χ3v) is 7.93. The van der Waals surface area contributed by atoms with Crippen LogP contribution in [0.15, 0.2) is 47.6 Å². The summed E-state index contributed by atoms with van der Waals surface area (Å²) in [6.45, 7) is 6.52. The molecule has 1 saturated carbocycles. The molecule has 0 saturated heterocycles. The molecule has 1 aromatic carbocycles. The zero-order valence-electron chi connectivity index (χ0n) is 20.0. The van der Waals surface area contributed by atoms with Gasteiger partial charge in [0.2, 0.25) is 0 Å². The summed E-state index contributed by atoms with van der Waals surface area (Å²) in [4.78, 5) is 11.3. The monoisotopic (exact) mass is 477 g/mol. The molecule has 34 heavy (non-hydrogen) atoms. The van der Waals surface area contributed by atoms with Crippen LogP contribution in [0.4, 0.5) is 5.69 Å². The van der Waals surface area contributed by atoms with Gasteiger partial charge in [-0.15, -0.1) is 0 Å². The van der Waals surface area contributed by atoms with Crippen LogP contribution in [0.25, 0.3) is 22.0 Å². The van der Waals surface area contributed by atoms with Crippen LogP contribution >= 0.6 is 0 Å². The molecule has 1 fully saturated rings. The highest BCUT2D eigenvalue weighted by Crippen LogP contribution is 2.35. The molecule has 8 heteroatoms. The van der Waals surface area contributed by atoms with E-state index in [1.165, 1.54) is 12.5 Å². The summed E-state index contributed by atoms with van der Waals surface area (Å²) in [5.41, 5.74) is 3.47. The van der Waals surface area contributed by atoms with E-state index in [4.69, 9.17) is 5.26 Å². The minimum Gasteiger partial charge on any atom is -0.381 e. The van der Waals surface area contributed by atoms with E-state index < -0.39 is 9.84 Å². The maximum absolute atomic E-state index is 12.7. The largest absolute Gasteiger partial charge is 0.381 e. The maximum Gasteiger partial charge on any atom is 0.179 e. The van der Waals surface area contributed by atoms with Gasteiger partial charge in [-0.1, -0.05) is 19.9 Å². The van der Waals surface area contributed by atoms with E-state index in [2.05, 4.69) is 34.0 Å².